The van der Waals surface area contributed by atoms with Gasteiger partial charge in [0.2, 0.25) is 0 Å². The first kappa shape index (κ1) is 30.8. The molecule has 1 aromatic heterocycles. The monoisotopic (exact) mass is 521 g/mol. The molecule has 0 bridgehead atoms. The van der Waals surface area contributed by atoms with E-state index in [-0.39, 0.29) is 24.5 Å². The van der Waals surface area contributed by atoms with Crippen LogP contribution in [-0.4, -0.2) is 28.2 Å². The van der Waals surface area contributed by atoms with E-state index in [1.165, 1.54) is 4.57 Å². The van der Waals surface area contributed by atoms with Crippen LogP contribution in [0.2, 0.25) is 0 Å². The minimum Gasteiger partial charge on any atom is -0.463 e. The van der Waals surface area contributed by atoms with Crippen molar-refractivity contribution in [2.24, 2.45) is 0 Å². The van der Waals surface area contributed by atoms with Crippen molar-refractivity contribution in [2.75, 3.05) is 12.3 Å². The fourth-order valence-corrected chi connectivity index (χ4v) is 3.76. The molecule has 2 heterocycles. The third-order valence-electron chi connectivity index (χ3n) is 5.79. The molecule has 0 unspecified atom stereocenters. The van der Waals surface area contributed by atoms with Gasteiger partial charge in [-0.1, -0.05) is 79.8 Å². The van der Waals surface area contributed by atoms with E-state index in [1.807, 2.05) is 6.08 Å². The lowest BCUT2D eigenvalue weighted by atomic mass is 10.2. The molecule has 1 aromatic rings. The number of hydrogen-bond acceptors (Lipinski definition) is 6. The van der Waals surface area contributed by atoms with Crippen LogP contribution in [0.5, 0.6) is 0 Å². The van der Waals surface area contributed by atoms with Gasteiger partial charge in [0.05, 0.1) is 6.10 Å². The molecule has 0 amide bonds. The zero-order valence-corrected chi connectivity index (χ0v) is 22.6. The minimum absolute atomic E-state index is 0.182. The Kier molecular flexibility index (Phi) is 15.9. The van der Waals surface area contributed by atoms with Crippen molar-refractivity contribution in [3.63, 3.8) is 0 Å². The Labute approximate surface area is 227 Å². The predicted molar refractivity (Wildman–Crippen MR) is 154 cm³/mol. The summed E-state index contributed by atoms with van der Waals surface area (Å²) in [5, 5.41) is 0. The minimum atomic E-state index is -0.441. The van der Waals surface area contributed by atoms with E-state index >= 15 is 0 Å². The maximum absolute atomic E-state index is 12.0. The molecule has 206 valence electrons. The first-order valence-electron chi connectivity index (χ1n) is 13.7. The van der Waals surface area contributed by atoms with E-state index in [9.17, 15) is 9.59 Å². The number of anilines is 1. The van der Waals surface area contributed by atoms with Crippen LogP contribution in [-0.2, 0) is 14.3 Å². The van der Waals surface area contributed by atoms with E-state index < -0.39 is 11.9 Å². The third kappa shape index (κ3) is 13.7. The number of carbonyl (C=O) groups is 1. The second-order valence-corrected chi connectivity index (χ2v) is 8.97. The van der Waals surface area contributed by atoms with Gasteiger partial charge in [-0.25, -0.2) is 4.79 Å². The topological polar surface area (TPSA) is 96.4 Å². The highest BCUT2D eigenvalue weighted by molar-refractivity contribution is 5.69. The van der Waals surface area contributed by atoms with Crippen LogP contribution < -0.4 is 11.4 Å². The first-order chi connectivity index (χ1) is 18.6. The summed E-state index contributed by atoms with van der Waals surface area (Å²) < 4.78 is 12.6. The van der Waals surface area contributed by atoms with Crippen molar-refractivity contribution in [2.45, 2.75) is 83.5 Å². The number of hydrogen-bond donors (Lipinski definition) is 1. The molecule has 0 aliphatic carbocycles. The highest BCUT2D eigenvalue weighted by Crippen LogP contribution is 2.27. The fraction of sp³-hybridized carbons (Fsp3) is 0.452. The van der Waals surface area contributed by atoms with E-state index in [4.69, 9.17) is 15.2 Å². The van der Waals surface area contributed by atoms with Gasteiger partial charge in [0, 0.05) is 12.6 Å². The number of nitrogen functional groups attached to an aromatic ring is 1. The summed E-state index contributed by atoms with van der Waals surface area (Å²) in [6.07, 6.45) is 35.0. The molecule has 0 aromatic carbocycles. The van der Waals surface area contributed by atoms with Gasteiger partial charge < -0.3 is 15.2 Å². The molecule has 2 rings (SSSR count). The van der Waals surface area contributed by atoms with Crippen LogP contribution in [0, 0.1) is 0 Å². The molecule has 1 fully saturated rings. The summed E-state index contributed by atoms with van der Waals surface area (Å²) in [5.41, 5.74) is 5.08. The van der Waals surface area contributed by atoms with Gasteiger partial charge in [-0.3, -0.25) is 9.36 Å². The average molecular weight is 522 g/mol. The van der Waals surface area contributed by atoms with Crippen molar-refractivity contribution in [3.05, 3.63) is 95.7 Å². The Balaban J connectivity index is 1.46. The summed E-state index contributed by atoms with van der Waals surface area (Å²) in [5.74, 6) is -0.0652. The van der Waals surface area contributed by atoms with Crippen molar-refractivity contribution in [3.8, 4) is 0 Å². The van der Waals surface area contributed by atoms with E-state index in [0.29, 0.717) is 25.7 Å². The molecule has 7 heteroatoms. The summed E-state index contributed by atoms with van der Waals surface area (Å²) in [4.78, 5) is 27.7. The van der Waals surface area contributed by atoms with Crippen LogP contribution in [0.4, 0.5) is 5.82 Å². The molecule has 0 radical (unpaired) electrons. The van der Waals surface area contributed by atoms with Gasteiger partial charge in [-0.2, -0.15) is 4.98 Å². The zero-order chi connectivity index (χ0) is 27.3. The molecular formula is C31H43N3O4. The molecule has 1 aliphatic heterocycles. The van der Waals surface area contributed by atoms with Gasteiger partial charge in [0.25, 0.3) is 0 Å². The summed E-state index contributed by atoms with van der Waals surface area (Å²) in [6.45, 7) is 2.34. The Morgan fingerprint density at radius 2 is 1.50 bits per heavy atom. The van der Waals surface area contributed by atoms with Gasteiger partial charge in [-0.15, -0.1) is 0 Å². The average Bonchev–Trinajstić information content (AvgIpc) is 3.37. The van der Waals surface area contributed by atoms with Crippen molar-refractivity contribution < 1.29 is 14.3 Å². The number of allylic oxidation sites excluding steroid dienone is 12. The van der Waals surface area contributed by atoms with E-state index in [1.54, 1.807) is 12.3 Å². The molecule has 0 saturated carbocycles. The molecule has 2 atom stereocenters. The van der Waals surface area contributed by atoms with Crippen LogP contribution in [0.15, 0.2) is 90.0 Å². The summed E-state index contributed by atoms with van der Waals surface area (Å²) in [6, 6.07) is 1.56. The van der Waals surface area contributed by atoms with Crippen LogP contribution >= 0.6 is 0 Å². The third-order valence-corrected chi connectivity index (χ3v) is 5.79. The standard InChI is InChI=1S/C31H43N3O4/c1-2-3-4-5-6-7-8-9-10-11-12-13-14-15-16-17-18-19-20-21-30(35)37-26-27-22-23-29(38-27)34-25-24-28(32)33-31(34)36/h3-4,6-7,9-10,12-13,15-16,18-19,24-25,27,29H,2,5,8,11,14,17,20-23,26H2,1H3,(H2,32,33,36)/t27-,29+/m0/s1. The number of rotatable bonds is 17. The maximum atomic E-state index is 12.0. The number of ether oxygens (including phenoxy) is 2. The molecule has 1 aliphatic rings. The summed E-state index contributed by atoms with van der Waals surface area (Å²) >= 11 is 0. The van der Waals surface area contributed by atoms with E-state index in [2.05, 4.69) is 78.7 Å². The second-order valence-electron chi connectivity index (χ2n) is 8.97. The zero-order valence-electron chi connectivity index (χ0n) is 22.6. The first-order valence-corrected chi connectivity index (χ1v) is 13.7. The Morgan fingerprint density at radius 3 is 2.05 bits per heavy atom. The lowest BCUT2D eigenvalue weighted by Gasteiger charge is -2.15. The Bertz CT molecular complexity index is 1050. The normalized spacial score (nSPS) is 18.4. The largest absolute Gasteiger partial charge is 0.463 e. The van der Waals surface area contributed by atoms with Gasteiger partial charge >= 0.3 is 11.7 Å². The van der Waals surface area contributed by atoms with Gasteiger partial charge in [0.1, 0.15) is 18.7 Å². The lowest BCUT2D eigenvalue weighted by molar-refractivity contribution is -0.148. The highest BCUT2D eigenvalue weighted by Gasteiger charge is 2.28. The molecule has 1 saturated heterocycles. The Morgan fingerprint density at radius 1 is 0.947 bits per heavy atom. The molecular weight excluding hydrogens is 478 g/mol. The highest BCUT2D eigenvalue weighted by atomic mass is 16.6. The van der Waals surface area contributed by atoms with Crippen LogP contribution in [0.1, 0.15) is 77.4 Å². The lowest BCUT2D eigenvalue weighted by Crippen LogP contribution is -2.28. The number of carbonyl (C=O) groups excluding carboxylic acids is 1. The molecule has 7 nitrogen and oxygen atoms in total. The number of esters is 1. The smallest absolute Gasteiger partial charge is 0.351 e. The number of nitrogens with two attached hydrogens (primary N) is 1. The van der Waals surface area contributed by atoms with Gasteiger partial charge in [-0.05, 0) is 63.9 Å². The summed E-state index contributed by atoms with van der Waals surface area (Å²) in [7, 11) is 0. The Hall–Kier alpha value is -3.45. The molecule has 38 heavy (non-hydrogen) atoms. The predicted octanol–water partition coefficient (Wildman–Crippen LogP) is 6.52. The van der Waals surface area contributed by atoms with Crippen LogP contribution in [0.25, 0.3) is 0 Å². The van der Waals surface area contributed by atoms with Gasteiger partial charge in [0.15, 0.2) is 0 Å². The quantitative estimate of drug-likeness (QED) is 0.185. The number of nitrogens with zero attached hydrogens (tertiary/aromatic N) is 2. The van der Waals surface area contributed by atoms with Crippen molar-refractivity contribution in [1.82, 2.24) is 9.55 Å². The molecule has 0 spiro atoms. The maximum Gasteiger partial charge on any atom is 0.351 e. The number of aromatic nitrogens is 2. The van der Waals surface area contributed by atoms with Crippen molar-refractivity contribution in [1.29, 1.82) is 0 Å². The van der Waals surface area contributed by atoms with Crippen molar-refractivity contribution >= 4 is 11.8 Å². The van der Waals surface area contributed by atoms with E-state index in [0.717, 1.165) is 38.5 Å². The van der Waals surface area contributed by atoms with Crippen LogP contribution in [0.3, 0.4) is 0 Å². The molecule has 2 N–H and O–H groups in total. The fourth-order valence-electron chi connectivity index (χ4n) is 3.76. The second kappa shape index (κ2) is 19.6. The SMILES string of the molecule is CCC=CCC=CCC=CCC=CCC=CCC=CCCC(=O)OC[C@@H]1CC[C@H](n2ccc(N)nc2=O)O1.